The molecule has 3 aromatic rings. The van der Waals surface area contributed by atoms with Gasteiger partial charge in [-0.05, 0) is 60.7 Å². The Morgan fingerprint density at radius 1 is 0.968 bits per heavy atom. The van der Waals surface area contributed by atoms with Crippen LogP contribution in [-0.4, -0.2) is 24.6 Å². The van der Waals surface area contributed by atoms with Crippen LogP contribution in [0.15, 0.2) is 65.8 Å². The maximum absolute atomic E-state index is 6.39. The first-order valence-electron chi connectivity index (χ1n) is 10.1. The van der Waals surface area contributed by atoms with Gasteiger partial charge in [0.25, 0.3) is 0 Å². The zero-order valence-electron chi connectivity index (χ0n) is 16.7. The molecule has 3 aliphatic rings. The zero-order chi connectivity index (χ0) is 20.9. The highest BCUT2D eigenvalue weighted by Gasteiger charge is 2.41. The molecule has 6 nitrogen and oxygen atoms in total. The van der Waals surface area contributed by atoms with Gasteiger partial charge in [-0.2, -0.15) is 5.10 Å². The lowest BCUT2D eigenvalue weighted by Gasteiger charge is -2.38. The SMILES string of the molecule is COc1ccc([C@H]2Oc3ccc(Cl)cc3[C@H]3CC(c4ccc5c(c4)OCO5)=NN32)cc1. The lowest BCUT2D eigenvalue weighted by Crippen LogP contribution is -2.33. The number of methoxy groups -OCH3 is 1. The molecule has 31 heavy (non-hydrogen) atoms. The van der Waals surface area contributed by atoms with Crippen molar-refractivity contribution in [2.24, 2.45) is 5.10 Å². The summed E-state index contributed by atoms with van der Waals surface area (Å²) in [6.07, 6.45) is 0.388. The molecule has 6 rings (SSSR count). The van der Waals surface area contributed by atoms with Gasteiger partial charge in [0.2, 0.25) is 13.0 Å². The van der Waals surface area contributed by atoms with Gasteiger partial charge in [-0.1, -0.05) is 11.6 Å². The maximum atomic E-state index is 6.39. The van der Waals surface area contributed by atoms with Crippen molar-refractivity contribution >= 4 is 17.3 Å². The fourth-order valence-corrected chi connectivity index (χ4v) is 4.48. The number of hydrazone groups is 1. The third-order valence-corrected chi connectivity index (χ3v) is 6.09. The van der Waals surface area contributed by atoms with E-state index < -0.39 is 0 Å². The Bertz CT molecular complexity index is 1190. The van der Waals surface area contributed by atoms with Crippen LogP contribution in [0.3, 0.4) is 0 Å². The lowest BCUT2D eigenvalue weighted by atomic mass is 9.95. The number of hydrogen-bond acceptors (Lipinski definition) is 6. The summed E-state index contributed by atoms with van der Waals surface area (Å²) >= 11 is 6.32. The van der Waals surface area contributed by atoms with Gasteiger partial charge in [-0.25, -0.2) is 5.01 Å². The molecule has 3 heterocycles. The van der Waals surface area contributed by atoms with E-state index in [0.717, 1.165) is 51.8 Å². The predicted octanol–water partition coefficient (Wildman–Crippen LogP) is 5.32. The van der Waals surface area contributed by atoms with Crippen LogP contribution in [0, 0.1) is 0 Å². The Kier molecular flexibility index (Phi) is 4.21. The van der Waals surface area contributed by atoms with E-state index in [0.29, 0.717) is 5.02 Å². The molecular weight excluding hydrogens is 416 g/mol. The van der Waals surface area contributed by atoms with Gasteiger partial charge in [-0.15, -0.1) is 0 Å². The normalized spacial score (nSPS) is 20.6. The molecule has 0 aromatic heterocycles. The van der Waals surface area contributed by atoms with E-state index in [2.05, 4.69) is 0 Å². The minimum atomic E-state index is -0.351. The molecule has 2 atom stereocenters. The van der Waals surface area contributed by atoms with Gasteiger partial charge in [0.15, 0.2) is 11.5 Å². The van der Waals surface area contributed by atoms with Gasteiger partial charge in [0.05, 0.1) is 18.9 Å². The van der Waals surface area contributed by atoms with E-state index in [1.165, 1.54) is 0 Å². The van der Waals surface area contributed by atoms with Crippen LogP contribution in [0.4, 0.5) is 0 Å². The van der Waals surface area contributed by atoms with Crippen LogP contribution < -0.4 is 18.9 Å². The predicted molar refractivity (Wildman–Crippen MR) is 116 cm³/mol. The van der Waals surface area contributed by atoms with E-state index in [4.69, 9.17) is 35.6 Å². The molecule has 0 unspecified atom stereocenters. The molecule has 0 amide bonds. The average Bonchev–Trinajstić information content (AvgIpc) is 3.45. The molecule has 0 radical (unpaired) electrons. The second kappa shape index (κ2) is 7.10. The molecule has 7 heteroatoms. The van der Waals surface area contributed by atoms with Crippen LogP contribution in [0.25, 0.3) is 0 Å². The van der Waals surface area contributed by atoms with Crippen LogP contribution in [0.5, 0.6) is 23.0 Å². The van der Waals surface area contributed by atoms with Gasteiger partial charge in [-0.3, -0.25) is 0 Å². The minimum Gasteiger partial charge on any atom is -0.497 e. The number of nitrogens with zero attached hydrogens (tertiary/aromatic N) is 2. The van der Waals surface area contributed by atoms with Crippen molar-refractivity contribution < 1.29 is 18.9 Å². The van der Waals surface area contributed by atoms with Crippen molar-refractivity contribution in [2.75, 3.05) is 13.9 Å². The molecule has 0 saturated carbocycles. The van der Waals surface area contributed by atoms with Crippen LogP contribution in [0.2, 0.25) is 5.02 Å². The fourth-order valence-electron chi connectivity index (χ4n) is 4.30. The highest BCUT2D eigenvalue weighted by molar-refractivity contribution is 6.30. The summed E-state index contributed by atoms with van der Waals surface area (Å²) in [6, 6.07) is 19.6. The Morgan fingerprint density at radius 3 is 2.61 bits per heavy atom. The third kappa shape index (κ3) is 3.06. The summed E-state index contributed by atoms with van der Waals surface area (Å²) in [5, 5.41) is 7.70. The maximum Gasteiger partial charge on any atom is 0.231 e. The Balaban J connectivity index is 1.42. The number of hydrogen-bond donors (Lipinski definition) is 0. The van der Waals surface area contributed by atoms with Crippen molar-refractivity contribution in [3.8, 4) is 23.0 Å². The van der Waals surface area contributed by atoms with Crippen molar-refractivity contribution in [1.29, 1.82) is 0 Å². The molecule has 0 aliphatic carbocycles. The number of ether oxygens (including phenoxy) is 4. The van der Waals surface area contributed by atoms with Crippen LogP contribution in [-0.2, 0) is 0 Å². The standard InChI is InChI=1S/C24H19ClN2O4/c1-28-17-6-2-14(3-7-17)24-27-20(18-11-16(25)5-9-21(18)31-24)12-19(26-27)15-4-8-22-23(10-15)30-13-29-22/h2-11,20,24H,12-13H2,1H3/t20-,24-/m1/s1. The first-order valence-corrected chi connectivity index (χ1v) is 10.4. The number of halogens is 1. The summed E-state index contributed by atoms with van der Waals surface area (Å²) in [7, 11) is 1.66. The molecular formula is C24H19ClN2O4. The summed E-state index contributed by atoms with van der Waals surface area (Å²) in [5.41, 5.74) is 4.02. The number of fused-ring (bicyclic) bond motifs is 4. The summed E-state index contributed by atoms with van der Waals surface area (Å²) in [4.78, 5) is 0. The van der Waals surface area contributed by atoms with E-state index >= 15 is 0 Å². The number of benzene rings is 3. The molecule has 0 spiro atoms. The van der Waals surface area contributed by atoms with Crippen molar-refractivity contribution in [2.45, 2.75) is 18.7 Å². The van der Waals surface area contributed by atoms with Gasteiger partial charge >= 0.3 is 0 Å². The quantitative estimate of drug-likeness (QED) is 0.558. The van der Waals surface area contributed by atoms with E-state index in [-0.39, 0.29) is 19.1 Å². The molecule has 3 aliphatic heterocycles. The Morgan fingerprint density at radius 2 is 1.77 bits per heavy atom. The Labute approximate surface area is 184 Å². The summed E-state index contributed by atoms with van der Waals surface area (Å²) in [5.74, 6) is 3.14. The number of rotatable bonds is 3. The smallest absolute Gasteiger partial charge is 0.231 e. The molecule has 156 valence electrons. The minimum absolute atomic E-state index is 0.0231. The summed E-state index contributed by atoms with van der Waals surface area (Å²) < 4.78 is 22.7. The highest BCUT2D eigenvalue weighted by atomic mass is 35.5. The van der Waals surface area contributed by atoms with Crippen LogP contribution >= 0.6 is 11.6 Å². The zero-order valence-corrected chi connectivity index (χ0v) is 17.5. The third-order valence-electron chi connectivity index (χ3n) is 5.86. The van der Waals surface area contributed by atoms with Gasteiger partial charge < -0.3 is 18.9 Å². The second-order valence-corrected chi connectivity index (χ2v) is 8.08. The highest BCUT2D eigenvalue weighted by Crippen LogP contribution is 2.48. The lowest BCUT2D eigenvalue weighted by molar-refractivity contribution is -0.0190. The second-order valence-electron chi connectivity index (χ2n) is 7.64. The Hall–Kier alpha value is -3.38. The van der Waals surface area contributed by atoms with Gasteiger partial charge in [0.1, 0.15) is 11.5 Å². The van der Waals surface area contributed by atoms with Crippen molar-refractivity contribution in [3.05, 3.63) is 82.4 Å². The molecule has 0 bridgehead atoms. The average molecular weight is 435 g/mol. The van der Waals surface area contributed by atoms with E-state index in [1.807, 2.05) is 65.7 Å². The van der Waals surface area contributed by atoms with Crippen molar-refractivity contribution in [3.63, 3.8) is 0 Å². The first kappa shape index (κ1) is 18.4. The van der Waals surface area contributed by atoms with E-state index in [9.17, 15) is 0 Å². The van der Waals surface area contributed by atoms with Crippen molar-refractivity contribution in [1.82, 2.24) is 5.01 Å². The van der Waals surface area contributed by atoms with E-state index in [1.54, 1.807) is 7.11 Å². The molecule has 0 saturated heterocycles. The topological polar surface area (TPSA) is 52.5 Å². The largest absolute Gasteiger partial charge is 0.497 e. The van der Waals surface area contributed by atoms with Gasteiger partial charge in [0, 0.05) is 28.1 Å². The fraction of sp³-hybridized carbons (Fsp3) is 0.208. The molecule has 0 fully saturated rings. The van der Waals surface area contributed by atoms with Crippen LogP contribution in [0.1, 0.15) is 35.4 Å². The molecule has 3 aromatic carbocycles. The molecule has 0 N–H and O–H groups in total. The summed E-state index contributed by atoms with van der Waals surface area (Å²) in [6.45, 7) is 0.249. The monoisotopic (exact) mass is 434 g/mol. The first-order chi connectivity index (χ1) is 15.2.